The molecule has 3 heterocycles. The van der Waals surface area contributed by atoms with Gasteiger partial charge >= 0.3 is 12.4 Å². The lowest BCUT2D eigenvalue weighted by molar-refractivity contribution is -0.142. The molecule has 1 aliphatic heterocycles. The Kier molecular flexibility index (Phi) is 7.42. The Labute approximate surface area is 186 Å². The molecule has 7 nitrogen and oxygen atoms in total. The molecule has 13 heteroatoms. The summed E-state index contributed by atoms with van der Waals surface area (Å²) < 4.78 is 94.9. The Bertz CT molecular complexity index is 912. The van der Waals surface area contributed by atoms with Crippen LogP contribution in [0.1, 0.15) is 24.6 Å². The van der Waals surface area contributed by atoms with Crippen LogP contribution in [0.2, 0.25) is 0 Å². The van der Waals surface area contributed by atoms with Crippen LogP contribution in [0.15, 0.2) is 24.4 Å². The summed E-state index contributed by atoms with van der Waals surface area (Å²) in [4.78, 5) is 5.72. The third-order valence-corrected chi connectivity index (χ3v) is 5.38. The van der Waals surface area contributed by atoms with Gasteiger partial charge in [-0.05, 0) is 12.1 Å². The summed E-state index contributed by atoms with van der Waals surface area (Å²) in [6.45, 7) is 2.55. The molecule has 1 aliphatic rings. The van der Waals surface area contributed by atoms with Gasteiger partial charge in [0.2, 0.25) is 5.88 Å². The standard InChI is InChI=1S/C20H24F6N4O3/c1-12-10-29(16-5-4-13(9-27-16)19(21,22)23)7-6-14(12)33-17-8-15(20(24,25)26)28-30(17)11-18(31-2)32-3/h4-5,8-9,12,14,18H,6-7,10-11H2,1-3H3. The zero-order valence-electron chi connectivity index (χ0n) is 18.2. The van der Waals surface area contributed by atoms with E-state index in [1.165, 1.54) is 20.3 Å². The molecule has 2 aromatic heterocycles. The molecule has 0 radical (unpaired) electrons. The maximum Gasteiger partial charge on any atom is 0.435 e. The Hall–Kier alpha value is -2.54. The topological polar surface area (TPSA) is 61.6 Å². The van der Waals surface area contributed by atoms with Crippen molar-refractivity contribution >= 4 is 5.82 Å². The predicted octanol–water partition coefficient (Wildman–Crippen LogP) is 4.23. The van der Waals surface area contributed by atoms with Crippen molar-refractivity contribution in [2.45, 2.75) is 44.6 Å². The second-order valence-electron chi connectivity index (χ2n) is 7.72. The van der Waals surface area contributed by atoms with E-state index in [4.69, 9.17) is 14.2 Å². The fourth-order valence-electron chi connectivity index (χ4n) is 3.55. The zero-order chi connectivity index (χ0) is 24.4. The second kappa shape index (κ2) is 9.75. The lowest BCUT2D eigenvalue weighted by Crippen LogP contribution is -2.45. The van der Waals surface area contributed by atoms with Gasteiger partial charge in [0.1, 0.15) is 11.9 Å². The maximum atomic E-state index is 13.2. The molecular formula is C20H24F6N4O3. The number of hydrogen-bond acceptors (Lipinski definition) is 6. The number of methoxy groups -OCH3 is 2. The van der Waals surface area contributed by atoms with Crippen molar-refractivity contribution in [3.63, 3.8) is 0 Å². The van der Waals surface area contributed by atoms with Gasteiger partial charge in [0.05, 0.1) is 12.1 Å². The highest BCUT2D eigenvalue weighted by Crippen LogP contribution is 2.34. The normalized spacial score (nSPS) is 19.9. The number of hydrogen-bond donors (Lipinski definition) is 0. The molecule has 1 saturated heterocycles. The lowest BCUT2D eigenvalue weighted by Gasteiger charge is -2.37. The molecule has 2 atom stereocenters. The van der Waals surface area contributed by atoms with Crippen LogP contribution < -0.4 is 9.64 Å². The number of halogens is 6. The van der Waals surface area contributed by atoms with Gasteiger partial charge in [-0.25, -0.2) is 9.67 Å². The Morgan fingerprint density at radius 1 is 1.09 bits per heavy atom. The van der Waals surface area contributed by atoms with Crippen LogP contribution in [0.3, 0.4) is 0 Å². The molecule has 33 heavy (non-hydrogen) atoms. The van der Waals surface area contributed by atoms with Gasteiger partial charge in [0.15, 0.2) is 12.0 Å². The molecule has 0 bridgehead atoms. The van der Waals surface area contributed by atoms with Crippen molar-refractivity contribution < 1.29 is 40.6 Å². The quantitative estimate of drug-likeness (QED) is 0.435. The van der Waals surface area contributed by atoms with E-state index >= 15 is 0 Å². The minimum Gasteiger partial charge on any atom is -0.474 e. The number of pyridine rings is 1. The molecular weight excluding hydrogens is 458 g/mol. The van der Waals surface area contributed by atoms with Gasteiger partial charge in [-0.2, -0.15) is 31.4 Å². The van der Waals surface area contributed by atoms with E-state index in [9.17, 15) is 26.3 Å². The first-order valence-electron chi connectivity index (χ1n) is 10.1. The van der Waals surface area contributed by atoms with Crippen molar-refractivity contribution in [2.24, 2.45) is 5.92 Å². The van der Waals surface area contributed by atoms with Crippen LogP contribution >= 0.6 is 0 Å². The van der Waals surface area contributed by atoms with E-state index in [0.29, 0.717) is 25.3 Å². The van der Waals surface area contributed by atoms with Crippen molar-refractivity contribution in [1.29, 1.82) is 0 Å². The van der Waals surface area contributed by atoms with Gasteiger partial charge in [0, 0.05) is 51.9 Å². The third-order valence-electron chi connectivity index (χ3n) is 5.38. The average molecular weight is 482 g/mol. The van der Waals surface area contributed by atoms with E-state index < -0.39 is 36.0 Å². The summed E-state index contributed by atoms with van der Waals surface area (Å²) in [5, 5.41) is 3.59. The molecule has 184 valence electrons. The van der Waals surface area contributed by atoms with Crippen molar-refractivity contribution in [1.82, 2.24) is 14.8 Å². The average Bonchev–Trinajstić information content (AvgIpc) is 3.15. The minimum absolute atomic E-state index is 0.0700. The second-order valence-corrected chi connectivity index (χ2v) is 7.72. The van der Waals surface area contributed by atoms with E-state index in [1.54, 1.807) is 0 Å². The number of rotatable bonds is 7. The summed E-state index contributed by atoms with van der Waals surface area (Å²) in [5.41, 5.74) is -1.93. The van der Waals surface area contributed by atoms with Crippen molar-refractivity contribution in [3.05, 3.63) is 35.7 Å². The van der Waals surface area contributed by atoms with Crippen LogP contribution in [0.4, 0.5) is 32.2 Å². The first kappa shape index (κ1) is 25.1. The first-order chi connectivity index (χ1) is 15.4. The fraction of sp³-hybridized carbons (Fsp3) is 0.600. The number of nitrogens with zero attached hydrogens (tertiary/aromatic N) is 4. The monoisotopic (exact) mass is 482 g/mol. The van der Waals surface area contributed by atoms with Gasteiger partial charge in [-0.3, -0.25) is 0 Å². The number of alkyl halides is 6. The fourth-order valence-corrected chi connectivity index (χ4v) is 3.55. The van der Waals surface area contributed by atoms with E-state index in [-0.39, 0.29) is 18.3 Å². The van der Waals surface area contributed by atoms with Gasteiger partial charge in [-0.1, -0.05) is 6.92 Å². The summed E-state index contributed by atoms with van der Waals surface area (Å²) in [6, 6.07) is 3.10. The highest BCUT2D eigenvalue weighted by Gasteiger charge is 2.37. The minimum atomic E-state index is -4.65. The Morgan fingerprint density at radius 2 is 1.79 bits per heavy atom. The van der Waals surface area contributed by atoms with Gasteiger partial charge in [0.25, 0.3) is 0 Å². The van der Waals surface area contributed by atoms with Crippen molar-refractivity contribution in [3.8, 4) is 5.88 Å². The lowest BCUT2D eigenvalue weighted by atomic mass is 9.96. The maximum absolute atomic E-state index is 13.2. The first-order valence-corrected chi connectivity index (χ1v) is 10.1. The molecule has 0 aliphatic carbocycles. The molecule has 0 amide bonds. The number of ether oxygens (including phenoxy) is 3. The van der Waals surface area contributed by atoms with Gasteiger partial charge < -0.3 is 19.1 Å². The van der Waals surface area contributed by atoms with Crippen molar-refractivity contribution in [2.75, 3.05) is 32.2 Å². The van der Waals surface area contributed by atoms with Crippen LogP contribution in [-0.4, -0.2) is 54.5 Å². The van der Waals surface area contributed by atoms with Gasteiger partial charge in [-0.15, -0.1) is 0 Å². The highest BCUT2D eigenvalue weighted by atomic mass is 19.4. The molecule has 2 unspecified atom stereocenters. The summed E-state index contributed by atoms with van der Waals surface area (Å²) in [6.07, 6.45) is -9.17. The SMILES string of the molecule is COC(Cn1nc(C(F)(F)F)cc1OC1CCN(c2ccc(C(F)(F)F)cn2)CC1C)OC. The smallest absolute Gasteiger partial charge is 0.435 e. The highest BCUT2D eigenvalue weighted by molar-refractivity contribution is 5.40. The molecule has 0 aromatic carbocycles. The van der Waals surface area contributed by atoms with Crippen LogP contribution in [0, 0.1) is 5.92 Å². The predicted molar refractivity (Wildman–Crippen MR) is 105 cm³/mol. The molecule has 3 rings (SSSR count). The Morgan fingerprint density at radius 3 is 2.30 bits per heavy atom. The number of anilines is 1. The summed E-state index contributed by atoms with van der Waals surface area (Å²) in [5.74, 6) is 0.168. The van der Waals surface area contributed by atoms with Crippen LogP contribution in [0.25, 0.3) is 0 Å². The summed E-state index contributed by atoms with van der Waals surface area (Å²) >= 11 is 0. The molecule has 1 fully saturated rings. The molecule has 0 N–H and O–H groups in total. The number of aromatic nitrogens is 3. The molecule has 0 spiro atoms. The van der Waals surface area contributed by atoms with E-state index in [1.807, 2.05) is 11.8 Å². The largest absolute Gasteiger partial charge is 0.474 e. The van der Waals surface area contributed by atoms with E-state index in [0.717, 1.165) is 23.0 Å². The Balaban J connectivity index is 1.71. The number of piperidine rings is 1. The zero-order valence-corrected chi connectivity index (χ0v) is 18.2. The summed E-state index contributed by atoms with van der Waals surface area (Å²) in [7, 11) is 2.71. The molecule has 2 aromatic rings. The van der Waals surface area contributed by atoms with Crippen LogP contribution in [0.5, 0.6) is 5.88 Å². The van der Waals surface area contributed by atoms with E-state index in [2.05, 4.69) is 10.1 Å². The third kappa shape index (κ3) is 6.08. The molecule has 0 saturated carbocycles. The van der Waals surface area contributed by atoms with Crippen LogP contribution in [-0.2, 0) is 28.4 Å².